The molecule has 6 heteroatoms. The van der Waals surface area contributed by atoms with Crippen molar-refractivity contribution in [3.63, 3.8) is 0 Å². The summed E-state index contributed by atoms with van der Waals surface area (Å²) in [7, 11) is 0. The van der Waals surface area contributed by atoms with Crippen molar-refractivity contribution in [3.8, 4) is 11.3 Å². The molecule has 1 unspecified atom stereocenters. The molecule has 1 saturated heterocycles. The zero-order valence-electron chi connectivity index (χ0n) is 17.2. The zero-order valence-corrected chi connectivity index (χ0v) is 18.0. The normalized spacial score (nSPS) is 16.3. The number of hydrogen-bond acceptors (Lipinski definition) is 4. The van der Waals surface area contributed by atoms with Gasteiger partial charge in [-0.25, -0.2) is 4.98 Å². The van der Waals surface area contributed by atoms with Gasteiger partial charge in [0.15, 0.2) is 0 Å². The van der Waals surface area contributed by atoms with Gasteiger partial charge in [0, 0.05) is 35.3 Å². The molecule has 1 aliphatic heterocycles. The molecule has 4 rings (SSSR count). The van der Waals surface area contributed by atoms with Crippen LogP contribution >= 0.6 is 11.3 Å². The van der Waals surface area contributed by atoms with Crippen LogP contribution in [0.5, 0.6) is 0 Å². The Bertz CT molecular complexity index is 1060. The molecule has 0 radical (unpaired) electrons. The molecule has 2 amide bonds. The van der Waals surface area contributed by atoms with Gasteiger partial charge in [0.25, 0.3) is 5.91 Å². The largest absolute Gasteiger partial charge is 0.338 e. The number of aromatic nitrogens is 1. The highest BCUT2D eigenvalue weighted by molar-refractivity contribution is 7.09. The molecule has 1 atom stereocenters. The molecule has 1 aromatic heterocycles. The van der Waals surface area contributed by atoms with Crippen LogP contribution in [-0.2, 0) is 4.79 Å². The van der Waals surface area contributed by atoms with Gasteiger partial charge in [0.1, 0.15) is 0 Å². The van der Waals surface area contributed by atoms with Crippen LogP contribution in [0.2, 0.25) is 0 Å². The molecule has 1 fully saturated rings. The SMILES string of the molecule is Cc1ccc(C(=O)N2CCCC(C(=O)Nc3cccc(-c4csc(C)n4)c3)C2)cc1. The van der Waals surface area contributed by atoms with Crippen LogP contribution in [0.4, 0.5) is 5.69 Å². The Morgan fingerprint density at radius 3 is 2.67 bits per heavy atom. The lowest BCUT2D eigenvalue weighted by Gasteiger charge is -2.32. The maximum absolute atomic E-state index is 12.9. The number of amides is 2. The van der Waals surface area contributed by atoms with Crippen molar-refractivity contribution in [2.45, 2.75) is 26.7 Å². The maximum atomic E-state index is 12.9. The number of likely N-dealkylation sites (tertiary alicyclic amines) is 1. The number of nitrogens with zero attached hydrogens (tertiary/aromatic N) is 2. The van der Waals surface area contributed by atoms with E-state index < -0.39 is 0 Å². The third-order valence-electron chi connectivity index (χ3n) is 5.42. The summed E-state index contributed by atoms with van der Waals surface area (Å²) in [5, 5.41) is 6.07. The van der Waals surface area contributed by atoms with E-state index in [9.17, 15) is 9.59 Å². The smallest absolute Gasteiger partial charge is 0.253 e. The molecular formula is C24H25N3O2S. The number of aryl methyl sites for hydroxylation is 2. The Kier molecular flexibility index (Phi) is 5.95. The summed E-state index contributed by atoms with van der Waals surface area (Å²) in [5.74, 6) is -0.255. The average molecular weight is 420 g/mol. The zero-order chi connectivity index (χ0) is 21.1. The fraction of sp³-hybridized carbons (Fsp3) is 0.292. The quantitative estimate of drug-likeness (QED) is 0.653. The van der Waals surface area contributed by atoms with E-state index in [1.165, 1.54) is 0 Å². The minimum atomic E-state index is -0.210. The number of anilines is 1. The van der Waals surface area contributed by atoms with Gasteiger partial charge in [0.05, 0.1) is 16.6 Å². The second kappa shape index (κ2) is 8.79. The first-order valence-corrected chi connectivity index (χ1v) is 11.1. The van der Waals surface area contributed by atoms with Crippen LogP contribution in [0.1, 0.15) is 33.8 Å². The van der Waals surface area contributed by atoms with Crippen molar-refractivity contribution >= 4 is 28.8 Å². The Hall–Kier alpha value is -2.99. The number of thiazole rings is 1. The fourth-order valence-electron chi connectivity index (χ4n) is 3.75. The van der Waals surface area contributed by atoms with E-state index in [-0.39, 0.29) is 17.7 Å². The van der Waals surface area contributed by atoms with Gasteiger partial charge in [-0.1, -0.05) is 29.8 Å². The molecule has 2 heterocycles. The Labute approximate surface area is 180 Å². The molecule has 5 nitrogen and oxygen atoms in total. The number of hydrogen-bond donors (Lipinski definition) is 1. The summed E-state index contributed by atoms with van der Waals surface area (Å²) in [4.78, 5) is 32.1. The van der Waals surface area contributed by atoms with Crippen LogP contribution in [-0.4, -0.2) is 34.8 Å². The Morgan fingerprint density at radius 2 is 1.93 bits per heavy atom. The first-order valence-electron chi connectivity index (χ1n) is 10.2. The van der Waals surface area contributed by atoms with Gasteiger partial charge >= 0.3 is 0 Å². The van der Waals surface area contributed by atoms with Crippen molar-refractivity contribution in [1.29, 1.82) is 0 Å². The molecule has 1 aliphatic rings. The Morgan fingerprint density at radius 1 is 1.13 bits per heavy atom. The van der Waals surface area contributed by atoms with E-state index in [4.69, 9.17) is 0 Å². The molecule has 1 N–H and O–H groups in total. The molecule has 154 valence electrons. The first-order chi connectivity index (χ1) is 14.5. The molecule has 3 aromatic rings. The van der Waals surface area contributed by atoms with Gasteiger partial charge in [0.2, 0.25) is 5.91 Å². The fourth-order valence-corrected chi connectivity index (χ4v) is 4.37. The van der Waals surface area contributed by atoms with E-state index >= 15 is 0 Å². The van der Waals surface area contributed by atoms with Crippen molar-refractivity contribution in [1.82, 2.24) is 9.88 Å². The van der Waals surface area contributed by atoms with E-state index in [1.807, 2.05) is 67.8 Å². The highest BCUT2D eigenvalue weighted by Crippen LogP contribution is 2.25. The van der Waals surface area contributed by atoms with Crippen molar-refractivity contribution < 1.29 is 9.59 Å². The summed E-state index contributed by atoms with van der Waals surface area (Å²) in [6.07, 6.45) is 1.61. The lowest BCUT2D eigenvalue weighted by atomic mass is 9.96. The second-order valence-corrected chi connectivity index (χ2v) is 8.84. The monoisotopic (exact) mass is 419 g/mol. The number of nitrogens with one attached hydrogen (secondary N) is 1. The highest BCUT2D eigenvalue weighted by Gasteiger charge is 2.29. The van der Waals surface area contributed by atoms with Crippen LogP contribution < -0.4 is 5.32 Å². The summed E-state index contributed by atoms with van der Waals surface area (Å²) < 4.78 is 0. The lowest BCUT2D eigenvalue weighted by Crippen LogP contribution is -2.43. The molecule has 30 heavy (non-hydrogen) atoms. The van der Waals surface area contributed by atoms with E-state index in [2.05, 4.69) is 10.3 Å². The van der Waals surface area contributed by atoms with Crippen LogP contribution in [0.25, 0.3) is 11.3 Å². The summed E-state index contributed by atoms with van der Waals surface area (Å²) in [6.45, 7) is 5.12. The number of benzene rings is 2. The number of rotatable bonds is 4. The minimum absolute atomic E-state index is 0.00611. The third-order valence-corrected chi connectivity index (χ3v) is 6.20. The molecule has 0 saturated carbocycles. The first kappa shape index (κ1) is 20.3. The standard InChI is InChI=1S/C24H25N3O2S/c1-16-8-10-18(11-9-16)24(29)27-12-4-6-20(14-27)23(28)26-21-7-3-5-19(13-21)22-15-30-17(2)25-22/h3,5,7-11,13,15,20H,4,6,12,14H2,1-2H3,(H,26,28). The number of carbonyl (C=O) groups excluding carboxylic acids is 2. The Balaban J connectivity index is 1.42. The van der Waals surface area contributed by atoms with Gasteiger partial charge in [-0.15, -0.1) is 11.3 Å². The van der Waals surface area contributed by atoms with E-state index in [0.29, 0.717) is 18.7 Å². The molecular weight excluding hydrogens is 394 g/mol. The average Bonchev–Trinajstić information content (AvgIpc) is 3.20. The minimum Gasteiger partial charge on any atom is -0.338 e. The predicted octanol–water partition coefficient (Wildman–Crippen LogP) is 4.92. The van der Waals surface area contributed by atoms with Gasteiger partial charge in [-0.05, 0) is 51.0 Å². The maximum Gasteiger partial charge on any atom is 0.253 e. The summed E-state index contributed by atoms with van der Waals surface area (Å²) in [6, 6.07) is 15.3. The third kappa shape index (κ3) is 4.60. The van der Waals surface area contributed by atoms with Crippen molar-refractivity contribution in [2.24, 2.45) is 5.92 Å². The molecule has 2 aromatic carbocycles. The van der Waals surface area contributed by atoms with E-state index in [0.717, 1.165) is 40.4 Å². The molecule has 0 aliphatic carbocycles. The molecule has 0 spiro atoms. The van der Waals surface area contributed by atoms with Crippen LogP contribution in [0.3, 0.4) is 0 Å². The topological polar surface area (TPSA) is 62.3 Å². The van der Waals surface area contributed by atoms with E-state index in [1.54, 1.807) is 16.2 Å². The van der Waals surface area contributed by atoms with Crippen molar-refractivity contribution in [2.75, 3.05) is 18.4 Å². The summed E-state index contributed by atoms with van der Waals surface area (Å²) >= 11 is 1.61. The summed E-state index contributed by atoms with van der Waals surface area (Å²) in [5.41, 5.74) is 4.45. The van der Waals surface area contributed by atoms with Gasteiger partial charge in [-0.3, -0.25) is 9.59 Å². The number of carbonyl (C=O) groups is 2. The second-order valence-electron chi connectivity index (χ2n) is 7.78. The lowest BCUT2D eigenvalue weighted by molar-refractivity contribution is -0.121. The van der Waals surface area contributed by atoms with Gasteiger partial charge < -0.3 is 10.2 Å². The van der Waals surface area contributed by atoms with Crippen LogP contribution in [0.15, 0.2) is 53.9 Å². The highest BCUT2D eigenvalue weighted by atomic mass is 32.1. The van der Waals surface area contributed by atoms with Crippen molar-refractivity contribution in [3.05, 3.63) is 70.0 Å². The molecule has 0 bridgehead atoms. The predicted molar refractivity (Wildman–Crippen MR) is 121 cm³/mol. The van der Waals surface area contributed by atoms with Gasteiger partial charge in [-0.2, -0.15) is 0 Å². The van der Waals surface area contributed by atoms with Crippen LogP contribution in [0, 0.1) is 19.8 Å². The number of piperidine rings is 1.